The van der Waals surface area contributed by atoms with E-state index >= 15 is 0 Å². The predicted octanol–water partition coefficient (Wildman–Crippen LogP) is 11.2. The van der Waals surface area contributed by atoms with Gasteiger partial charge < -0.3 is 19.0 Å². The number of thiocarbonyl (C=S) groups is 2. The molecule has 0 aromatic heterocycles. The van der Waals surface area contributed by atoms with Gasteiger partial charge in [-0.1, -0.05) is 124 Å². The summed E-state index contributed by atoms with van der Waals surface area (Å²) in [6.45, 7) is 12.3. The van der Waals surface area contributed by atoms with Crippen molar-refractivity contribution in [1.29, 1.82) is 0 Å². The van der Waals surface area contributed by atoms with Crippen LogP contribution in [0.5, 0.6) is 17.2 Å². The predicted molar refractivity (Wildman–Crippen MR) is 222 cm³/mol. The Balaban J connectivity index is 0. The molecular formula is C38H47NO9S4. The van der Waals surface area contributed by atoms with Gasteiger partial charge in [-0.25, -0.2) is 4.79 Å². The zero-order valence-corrected chi connectivity index (χ0v) is 33.6. The molecule has 0 amide bonds. The summed E-state index contributed by atoms with van der Waals surface area (Å²) < 4.78 is 16.8. The second-order valence-electron chi connectivity index (χ2n) is 9.21. The zero-order chi connectivity index (χ0) is 39.6. The van der Waals surface area contributed by atoms with Crippen LogP contribution in [0.15, 0.2) is 91.0 Å². The quantitative estimate of drug-likeness (QED) is 0.0199. The Hall–Kier alpha value is -4.37. The maximum absolute atomic E-state index is 12.4. The van der Waals surface area contributed by atoms with Crippen molar-refractivity contribution in [3.8, 4) is 17.2 Å². The van der Waals surface area contributed by atoms with Crippen LogP contribution in [0.3, 0.4) is 0 Å². The first-order valence-corrected chi connectivity index (χ1v) is 19.4. The molecule has 0 radical (unpaired) electrons. The van der Waals surface area contributed by atoms with E-state index in [1.165, 1.54) is 47.9 Å². The van der Waals surface area contributed by atoms with Crippen molar-refractivity contribution in [3.63, 3.8) is 0 Å². The first-order chi connectivity index (χ1) is 25.2. The van der Waals surface area contributed by atoms with E-state index in [9.17, 15) is 24.5 Å². The standard InChI is InChI=1S/C18H17NO7.C11H10O2S3.C6H12.C2H6.CH2S/c1-2-6-17(20)26-16-10-4-3-9-15(16)18(21)25-14-8-5-7-13(11-14)12-24-19(22)23;1-2-11(16-15-8-14)9-3-5-10(6-4-9)13-7-12;1-3-5-6-4-2;2*1-2/h3-5,7-11H,2,6,12H2,1H3;2-8H,1H3;5-6H,3-4H2,1-2H3;1-2H3;1H2/b;11-2-;6-5-;;. The van der Waals surface area contributed by atoms with E-state index in [1.807, 2.05) is 45.9 Å². The number of hydrogen-bond donors (Lipinski definition) is 0. The average Bonchev–Trinajstić information content (AvgIpc) is 3.17. The Kier molecular flexibility index (Phi) is 32.3. The minimum Gasteiger partial charge on any atom is -0.429 e. The normalized spacial score (nSPS) is 9.77. The molecule has 0 fully saturated rings. The molecule has 52 heavy (non-hydrogen) atoms. The monoisotopic (exact) mass is 789 g/mol. The molecule has 0 saturated carbocycles. The molecule has 3 rings (SSSR count). The number of rotatable bonds is 16. The van der Waals surface area contributed by atoms with Gasteiger partial charge in [0.2, 0.25) is 0 Å². The first kappa shape index (κ1) is 49.7. The van der Waals surface area contributed by atoms with E-state index in [4.69, 9.17) is 26.4 Å². The van der Waals surface area contributed by atoms with Crippen molar-refractivity contribution in [2.24, 2.45) is 0 Å². The lowest BCUT2D eigenvalue weighted by Gasteiger charge is -2.10. The third kappa shape index (κ3) is 23.2. The molecule has 3 aromatic carbocycles. The van der Waals surface area contributed by atoms with Crippen molar-refractivity contribution >= 4 is 79.9 Å². The van der Waals surface area contributed by atoms with Crippen molar-refractivity contribution in [2.45, 2.75) is 73.8 Å². The second-order valence-corrected chi connectivity index (χ2v) is 11.9. The van der Waals surface area contributed by atoms with Crippen LogP contribution in [0, 0.1) is 10.1 Å². The van der Waals surface area contributed by atoms with Gasteiger partial charge in [0.25, 0.3) is 11.6 Å². The third-order valence-corrected chi connectivity index (χ3v) is 8.23. The Bertz CT molecular complexity index is 1520. The van der Waals surface area contributed by atoms with Gasteiger partial charge in [0.05, 0.1) is 0 Å². The van der Waals surface area contributed by atoms with E-state index < -0.39 is 17.0 Å². The summed E-state index contributed by atoms with van der Waals surface area (Å²) in [5.74, 6) is 2.53. The number of benzene rings is 3. The van der Waals surface area contributed by atoms with Crippen LogP contribution in [0.2, 0.25) is 0 Å². The number of nitrogens with zero attached hydrogens (tertiary/aromatic N) is 1. The largest absolute Gasteiger partial charge is 0.429 e. The zero-order valence-electron chi connectivity index (χ0n) is 30.3. The van der Waals surface area contributed by atoms with E-state index in [0.29, 0.717) is 24.2 Å². The SMILES string of the molecule is C/C=C(\SSC=S)c1ccc(OC=O)cc1.C=S.CC.CC/C=C\CC.CCCC(=O)Oc1ccccc1C(=O)Oc1cccc(CO[N+](=O)[O-])c1. The Labute approximate surface area is 325 Å². The van der Waals surface area contributed by atoms with E-state index in [2.05, 4.69) is 48.9 Å². The van der Waals surface area contributed by atoms with Crippen LogP contribution >= 0.6 is 46.0 Å². The number of allylic oxidation sites excluding steroid dienone is 3. The highest BCUT2D eigenvalue weighted by Gasteiger charge is 2.17. The fourth-order valence-electron chi connectivity index (χ4n) is 3.51. The van der Waals surface area contributed by atoms with Gasteiger partial charge in [0.15, 0.2) is 0 Å². The highest BCUT2D eigenvalue weighted by molar-refractivity contribution is 8.85. The first-order valence-electron chi connectivity index (χ1n) is 16.2. The minimum atomic E-state index is -0.903. The average molecular weight is 790 g/mol. The number of carbonyl (C=O) groups is 3. The summed E-state index contributed by atoms with van der Waals surface area (Å²) in [5, 5.41) is 9.35. The van der Waals surface area contributed by atoms with Gasteiger partial charge in [-0.2, -0.15) is 0 Å². The minimum absolute atomic E-state index is 0.101. The van der Waals surface area contributed by atoms with Crippen LogP contribution < -0.4 is 14.2 Å². The molecule has 10 nitrogen and oxygen atoms in total. The lowest BCUT2D eigenvalue weighted by Crippen LogP contribution is -2.14. The van der Waals surface area contributed by atoms with Gasteiger partial charge in [0, 0.05) is 16.0 Å². The van der Waals surface area contributed by atoms with Gasteiger partial charge in [-0.15, -0.1) is 10.1 Å². The summed E-state index contributed by atoms with van der Waals surface area (Å²) >= 11 is 8.59. The fourth-order valence-corrected chi connectivity index (χ4v) is 5.34. The van der Waals surface area contributed by atoms with E-state index in [1.54, 1.807) is 51.9 Å². The molecule has 282 valence electrons. The highest BCUT2D eigenvalue weighted by atomic mass is 33.1. The molecule has 3 aromatic rings. The van der Waals surface area contributed by atoms with Gasteiger partial charge in [0.1, 0.15) is 29.4 Å². The van der Waals surface area contributed by atoms with E-state index in [-0.39, 0.29) is 30.1 Å². The van der Waals surface area contributed by atoms with Crippen molar-refractivity contribution in [1.82, 2.24) is 0 Å². The topological polar surface area (TPSA) is 131 Å². The number of para-hydroxylation sites is 1. The van der Waals surface area contributed by atoms with Gasteiger partial charge >= 0.3 is 11.9 Å². The van der Waals surface area contributed by atoms with Crippen LogP contribution in [0.25, 0.3) is 4.91 Å². The molecule has 0 N–H and O–H groups in total. The molecule has 0 saturated heterocycles. The van der Waals surface area contributed by atoms with Crippen LogP contribution in [0.4, 0.5) is 0 Å². The third-order valence-electron chi connectivity index (χ3n) is 5.63. The molecule has 0 aliphatic carbocycles. The molecular weight excluding hydrogens is 743 g/mol. The molecule has 0 unspecified atom stereocenters. The number of esters is 2. The Morgan fingerprint density at radius 3 is 2.08 bits per heavy atom. The van der Waals surface area contributed by atoms with Crippen molar-refractivity contribution in [2.75, 3.05) is 0 Å². The molecule has 0 atom stereocenters. The van der Waals surface area contributed by atoms with Crippen LogP contribution in [-0.4, -0.2) is 34.1 Å². The second kappa shape index (κ2) is 33.8. The Morgan fingerprint density at radius 1 is 0.904 bits per heavy atom. The highest BCUT2D eigenvalue weighted by Crippen LogP contribution is 2.36. The summed E-state index contributed by atoms with van der Waals surface area (Å²) in [6.07, 6.45) is 9.60. The van der Waals surface area contributed by atoms with E-state index in [0.717, 1.165) is 10.5 Å². The van der Waals surface area contributed by atoms with Crippen molar-refractivity contribution < 1.29 is 38.5 Å². The van der Waals surface area contributed by atoms with Gasteiger partial charge in [-0.3, -0.25) is 9.59 Å². The number of ether oxygens (including phenoxy) is 3. The molecule has 0 heterocycles. The number of hydrogen-bond acceptors (Lipinski definition) is 13. The molecule has 14 heteroatoms. The van der Waals surface area contributed by atoms with Crippen LogP contribution in [-0.2, 0) is 21.0 Å². The van der Waals surface area contributed by atoms with Crippen LogP contribution in [0.1, 0.15) is 88.7 Å². The summed E-state index contributed by atoms with van der Waals surface area (Å²) in [6, 6.07) is 19.7. The smallest absolute Gasteiger partial charge is 0.347 e. The number of carbonyl (C=O) groups excluding carboxylic acids is 3. The molecule has 0 bridgehead atoms. The van der Waals surface area contributed by atoms with Gasteiger partial charge in [-0.05, 0) is 90.4 Å². The molecule has 0 aliphatic rings. The molecule has 0 spiro atoms. The lowest BCUT2D eigenvalue weighted by molar-refractivity contribution is -0.763. The summed E-state index contributed by atoms with van der Waals surface area (Å²) in [5.41, 5.74) is 1.65. The lowest BCUT2D eigenvalue weighted by atomic mass is 10.2. The summed E-state index contributed by atoms with van der Waals surface area (Å²) in [4.78, 5) is 49.9. The molecule has 0 aliphatic heterocycles. The maximum Gasteiger partial charge on any atom is 0.347 e. The van der Waals surface area contributed by atoms with Crippen molar-refractivity contribution in [3.05, 3.63) is 118 Å². The summed E-state index contributed by atoms with van der Waals surface area (Å²) in [7, 11) is 3.10. The Morgan fingerprint density at radius 2 is 1.54 bits per heavy atom. The fraction of sp³-hybridized carbons (Fsp3) is 0.289. The maximum atomic E-state index is 12.4.